The molecule has 0 aliphatic carbocycles. The van der Waals surface area contributed by atoms with Gasteiger partial charge in [-0.25, -0.2) is 4.99 Å². The summed E-state index contributed by atoms with van der Waals surface area (Å²) in [5, 5.41) is 3.35. The maximum Gasteiger partial charge on any atom is 0.264 e. The Morgan fingerprint density at radius 3 is 2.72 bits per heavy atom. The van der Waals surface area contributed by atoms with E-state index in [2.05, 4.69) is 32.9 Å². The number of nitrogens with zero attached hydrogens (tertiary/aromatic N) is 1. The molecule has 1 amide bonds. The summed E-state index contributed by atoms with van der Waals surface area (Å²) in [7, 11) is 3.19. The molecule has 3 rings (SSSR count). The molecule has 0 spiro atoms. The van der Waals surface area contributed by atoms with Gasteiger partial charge in [-0.15, -0.1) is 0 Å². The maximum atomic E-state index is 12.2. The van der Waals surface area contributed by atoms with E-state index in [1.165, 1.54) is 11.8 Å². The smallest absolute Gasteiger partial charge is 0.264 e. The topological polar surface area (TPSA) is 59.9 Å². The van der Waals surface area contributed by atoms with Crippen LogP contribution in [0.1, 0.15) is 5.56 Å². The standard InChI is InChI=1S/C18H15IN2O3S/c1-23-14-6-7-15(24-2)11(8-14)9-16-17(22)21-18(25-16)20-13-5-3-4-12(19)10-13/h3-10H,1-2H3,(H,20,21,22)/b16-9+. The minimum atomic E-state index is -0.181. The second-order valence-corrected chi connectivity index (χ2v) is 7.35. The summed E-state index contributed by atoms with van der Waals surface area (Å²) in [5.41, 5.74) is 1.57. The predicted octanol–water partition coefficient (Wildman–Crippen LogP) is 4.20. The summed E-state index contributed by atoms with van der Waals surface area (Å²) in [6, 6.07) is 13.2. The first-order valence-electron chi connectivity index (χ1n) is 7.36. The fraction of sp³-hybridized carbons (Fsp3) is 0.111. The summed E-state index contributed by atoms with van der Waals surface area (Å²) >= 11 is 3.53. The summed E-state index contributed by atoms with van der Waals surface area (Å²) < 4.78 is 11.7. The van der Waals surface area contributed by atoms with Crippen LogP contribution in [0.15, 0.2) is 52.4 Å². The molecule has 0 atom stereocenters. The number of ether oxygens (including phenoxy) is 2. The van der Waals surface area contributed by atoms with Crippen LogP contribution in [0.25, 0.3) is 6.08 Å². The average molecular weight is 466 g/mol. The van der Waals surface area contributed by atoms with Crippen molar-refractivity contribution in [1.82, 2.24) is 5.32 Å². The van der Waals surface area contributed by atoms with Crippen LogP contribution < -0.4 is 14.8 Å². The van der Waals surface area contributed by atoms with E-state index < -0.39 is 0 Å². The summed E-state index contributed by atoms with van der Waals surface area (Å²) in [6.07, 6.45) is 1.78. The molecule has 0 bridgehead atoms. The number of hydrogen-bond donors (Lipinski definition) is 1. The zero-order chi connectivity index (χ0) is 17.8. The van der Waals surface area contributed by atoms with E-state index >= 15 is 0 Å². The van der Waals surface area contributed by atoms with Gasteiger partial charge in [0, 0.05) is 9.13 Å². The summed E-state index contributed by atoms with van der Waals surface area (Å²) in [4.78, 5) is 17.3. The van der Waals surface area contributed by atoms with Crippen molar-refractivity contribution >= 4 is 57.2 Å². The molecule has 128 valence electrons. The Morgan fingerprint density at radius 1 is 1.16 bits per heavy atom. The first kappa shape index (κ1) is 17.8. The second-order valence-electron chi connectivity index (χ2n) is 5.07. The van der Waals surface area contributed by atoms with E-state index in [-0.39, 0.29) is 5.91 Å². The number of nitrogens with one attached hydrogen (secondary N) is 1. The van der Waals surface area contributed by atoms with E-state index in [4.69, 9.17) is 9.47 Å². The normalized spacial score (nSPS) is 17.0. The SMILES string of the molecule is COc1ccc(OC)c(/C=C2/SC(=Nc3cccc(I)c3)NC2=O)c1. The Labute approximate surface area is 163 Å². The lowest BCUT2D eigenvalue weighted by Gasteiger charge is -2.07. The number of amides is 1. The largest absolute Gasteiger partial charge is 0.497 e. The Hall–Kier alpha value is -2.00. The fourth-order valence-corrected chi connectivity index (χ4v) is 3.60. The zero-order valence-corrected chi connectivity index (χ0v) is 16.6. The van der Waals surface area contributed by atoms with Crippen LogP contribution in [-0.2, 0) is 4.79 Å². The third-order valence-corrected chi connectivity index (χ3v) is 4.99. The van der Waals surface area contributed by atoms with Gasteiger partial charge in [-0.1, -0.05) is 6.07 Å². The van der Waals surface area contributed by atoms with Crippen LogP contribution in [0, 0.1) is 3.57 Å². The highest BCUT2D eigenvalue weighted by Crippen LogP contribution is 2.32. The van der Waals surface area contributed by atoms with Crippen molar-refractivity contribution < 1.29 is 14.3 Å². The maximum absolute atomic E-state index is 12.2. The number of thioether (sulfide) groups is 1. The van der Waals surface area contributed by atoms with Crippen LogP contribution in [0.3, 0.4) is 0 Å². The molecule has 1 saturated heterocycles. The first-order valence-corrected chi connectivity index (χ1v) is 9.26. The molecule has 25 heavy (non-hydrogen) atoms. The molecule has 1 heterocycles. The van der Waals surface area contributed by atoms with Crippen LogP contribution >= 0.6 is 34.4 Å². The number of methoxy groups -OCH3 is 2. The molecule has 0 unspecified atom stereocenters. The van der Waals surface area contributed by atoms with Crippen molar-refractivity contribution in [3.05, 3.63) is 56.5 Å². The minimum Gasteiger partial charge on any atom is -0.497 e. The summed E-state index contributed by atoms with van der Waals surface area (Å²) in [5.74, 6) is 1.19. The molecular formula is C18H15IN2O3S. The van der Waals surface area contributed by atoms with E-state index in [1.54, 1.807) is 20.3 Å². The van der Waals surface area contributed by atoms with Crippen molar-refractivity contribution in [2.45, 2.75) is 0 Å². The van der Waals surface area contributed by atoms with Gasteiger partial charge in [0.1, 0.15) is 11.5 Å². The Bertz CT molecular complexity index is 880. The van der Waals surface area contributed by atoms with Crippen molar-refractivity contribution in [2.24, 2.45) is 4.99 Å². The van der Waals surface area contributed by atoms with E-state index in [0.717, 1.165) is 14.8 Å². The summed E-state index contributed by atoms with van der Waals surface area (Å²) in [6.45, 7) is 0. The lowest BCUT2D eigenvalue weighted by atomic mass is 10.1. The van der Waals surface area contributed by atoms with Crippen LogP contribution in [-0.4, -0.2) is 25.3 Å². The van der Waals surface area contributed by atoms with E-state index in [1.807, 2.05) is 42.5 Å². The molecule has 1 aliphatic heterocycles. The van der Waals surface area contributed by atoms with Gasteiger partial charge in [-0.05, 0) is 76.8 Å². The molecule has 1 aliphatic rings. The monoisotopic (exact) mass is 466 g/mol. The number of carbonyl (C=O) groups excluding carboxylic acids is 1. The number of benzene rings is 2. The number of rotatable bonds is 4. The van der Waals surface area contributed by atoms with Gasteiger partial charge in [-0.3, -0.25) is 4.79 Å². The van der Waals surface area contributed by atoms with Crippen molar-refractivity contribution in [1.29, 1.82) is 0 Å². The Balaban J connectivity index is 1.89. The molecule has 0 aromatic heterocycles. The van der Waals surface area contributed by atoms with Gasteiger partial charge in [0.2, 0.25) is 0 Å². The van der Waals surface area contributed by atoms with Gasteiger partial charge in [0.25, 0.3) is 5.91 Å². The molecular weight excluding hydrogens is 451 g/mol. The fourth-order valence-electron chi connectivity index (χ4n) is 2.24. The van der Waals surface area contributed by atoms with Gasteiger partial charge in [-0.2, -0.15) is 0 Å². The van der Waals surface area contributed by atoms with E-state index in [0.29, 0.717) is 21.6 Å². The molecule has 2 aromatic rings. The number of halogens is 1. The molecule has 1 N–H and O–H groups in total. The first-order chi connectivity index (χ1) is 12.1. The van der Waals surface area contributed by atoms with Crippen molar-refractivity contribution in [2.75, 3.05) is 14.2 Å². The third kappa shape index (κ3) is 4.35. The highest BCUT2D eigenvalue weighted by Gasteiger charge is 2.24. The van der Waals surface area contributed by atoms with Crippen LogP contribution in [0.4, 0.5) is 5.69 Å². The predicted molar refractivity (Wildman–Crippen MR) is 110 cm³/mol. The number of hydrogen-bond acceptors (Lipinski definition) is 5. The average Bonchev–Trinajstić information content (AvgIpc) is 2.94. The molecule has 7 heteroatoms. The highest BCUT2D eigenvalue weighted by molar-refractivity contribution is 14.1. The zero-order valence-electron chi connectivity index (χ0n) is 13.6. The lowest BCUT2D eigenvalue weighted by Crippen LogP contribution is -2.19. The molecule has 5 nitrogen and oxygen atoms in total. The quantitative estimate of drug-likeness (QED) is 0.542. The Morgan fingerprint density at radius 2 is 2.00 bits per heavy atom. The number of aliphatic imine (C=N–C) groups is 1. The van der Waals surface area contributed by atoms with Gasteiger partial charge < -0.3 is 14.8 Å². The minimum absolute atomic E-state index is 0.181. The van der Waals surface area contributed by atoms with Crippen LogP contribution in [0.5, 0.6) is 11.5 Å². The van der Waals surface area contributed by atoms with Crippen LogP contribution in [0.2, 0.25) is 0 Å². The highest BCUT2D eigenvalue weighted by atomic mass is 127. The van der Waals surface area contributed by atoms with Gasteiger partial charge >= 0.3 is 0 Å². The van der Waals surface area contributed by atoms with E-state index in [9.17, 15) is 4.79 Å². The second kappa shape index (κ2) is 7.92. The third-order valence-electron chi connectivity index (χ3n) is 3.41. The van der Waals surface area contributed by atoms with Gasteiger partial charge in [0.05, 0.1) is 24.8 Å². The number of carbonyl (C=O) groups is 1. The van der Waals surface area contributed by atoms with Gasteiger partial charge in [0.15, 0.2) is 5.17 Å². The lowest BCUT2D eigenvalue weighted by molar-refractivity contribution is -0.115. The molecule has 0 radical (unpaired) electrons. The van der Waals surface area contributed by atoms with Crippen molar-refractivity contribution in [3.63, 3.8) is 0 Å². The molecule has 1 fully saturated rings. The molecule has 2 aromatic carbocycles. The molecule has 0 saturated carbocycles. The Kier molecular flexibility index (Phi) is 5.64. The van der Waals surface area contributed by atoms with Crippen molar-refractivity contribution in [3.8, 4) is 11.5 Å². The number of amidine groups is 1.